The van der Waals surface area contributed by atoms with E-state index in [1.165, 1.54) is 18.2 Å². The molecule has 3 rings (SSSR count). The summed E-state index contributed by atoms with van der Waals surface area (Å²) in [4.78, 5) is 13.4. The van der Waals surface area contributed by atoms with E-state index in [9.17, 15) is 14.3 Å². The number of anilines is 1. The molecule has 7 heteroatoms. The Balaban J connectivity index is 1.87. The van der Waals surface area contributed by atoms with E-state index >= 15 is 0 Å². The number of carbonyl (C=O) groups is 1. The highest BCUT2D eigenvalue weighted by Gasteiger charge is 2.14. The molecule has 0 saturated heterocycles. The molecular weight excluding hydrogens is 329 g/mol. The number of amides is 1. The lowest BCUT2D eigenvalue weighted by Gasteiger charge is -2.08. The van der Waals surface area contributed by atoms with Crippen LogP contribution in [0.25, 0.3) is 10.6 Å². The molecule has 0 aliphatic carbocycles. The number of nitrogens with zero attached hydrogens (tertiary/aromatic N) is 2. The Morgan fingerprint density at radius 2 is 2.21 bits per heavy atom. The number of aryl methyl sites for hydroxylation is 1. The summed E-state index contributed by atoms with van der Waals surface area (Å²) in [5.41, 5.74) is 1.50. The zero-order valence-corrected chi connectivity index (χ0v) is 13.8. The fourth-order valence-corrected chi connectivity index (χ4v) is 2.98. The van der Waals surface area contributed by atoms with Crippen molar-refractivity contribution >= 4 is 23.1 Å². The van der Waals surface area contributed by atoms with Gasteiger partial charge in [0.1, 0.15) is 17.3 Å². The maximum atomic E-state index is 13.3. The Morgan fingerprint density at radius 1 is 1.38 bits per heavy atom. The van der Waals surface area contributed by atoms with Crippen molar-refractivity contribution in [1.29, 1.82) is 0 Å². The first-order valence-corrected chi connectivity index (χ1v) is 8.26. The number of aliphatic hydroxyl groups is 1. The smallest absolute Gasteiger partial charge is 0.256 e. The van der Waals surface area contributed by atoms with Crippen LogP contribution in [0.5, 0.6) is 0 Å². The van der Waals surface area contributed by atoms with Gasteiger partial charge in [-0.3, -0.25) is 4.79 Å². The third-order valence-electron chi connectivity index (χ3n) is 3.53. The first-order valence-electron chi connectivity index (χ1n) is 7.38. The number of rotatable bonds is 5. The fraction of sp³-hybridized carbons (Fsp3) is 0.176. The van der Waals surface area contributed by atoms with E-state index in [1.807, 2.05) is 17.5 Å². The van der Waals surface area contributed by atoms with Crippen LogP contribution in [0.4, 0.5) is 10.2 Å². The molecular formula is C17H16FN3O2S. The molecule has 0 unspecified atom stereocenters. The minimum Gasteiger partial charge on any atom is -0.394 e. The number of aliphatic hydroxyl groups excluding tert-OH is 1. The molecule has 2 N–H and O–H groups in total. The molecule has 124 valence electrons. The predicted octanol–water partition coefficient (Wildman–Crippen LogP) is 3.30. The zero-order chi connectivity index (χ0) is 17.1. The number of carbonyl (C=O) groups excluding carboxylic acids is 1. The molecule has 0 fully saturated rings. The first kappa shape index (κ1) is 16.4. The van der Waals surface area contributed by atoms with Crippen molar-refractivity contribution in [3.63, 3.8) is 0 Å². The summed E-state index contributed by atoms with van der Waals surface area (Å²) in [7, 11) is 0. The summed E-state index contributed by atoms with van der Waals surface area (Å²) in [6.45, 7) is 1.78. The second-order valence-corrected chi connectivity index (χ2v) is 6.20. The van der Waals surface area contributed by atoms with Crippen LogP contribution in [-0.2, 0) is 6.54 Å². The van der Waals surface area contributed by atoms with Gasteiger partial charge >= 0.3 is 0 Å². The Morgan fingerprint density at radius 3 is 2.88 bits per heavy atom. The van der Waals surface area contributed by atoms with Gasteiger partial charge in [0.25, 0.3) is 5.91 Å². The molecule has 0 bridgehead atoms. The number of hydrogen-bond donors (Lipinski definition) is 2. The lowest BCUT2D eigenvalue weighted by Crippen LogP contribution is -2.17. The molecule has 24 heavy (non-hydrogen) atoms. The van der Waals surface area contributed by atoms with Crippen LogP contribution in [-0.4, -0.2) is 27.4 Å². The molecule has 1 aromatic carbocycles. The van der Waals surface area contributed by atoms with Crippen molar-refractivity contribution in [1.82, 2.24) is 9.78 Å². The maximum absolute atomic E-state index is 13.3. The second kappa shape index (κ2) is 6.94. The largest absolute Gasteiger partial charge is 0.394 e. The van der Waals surface area contributed by atoms with Gasteiger partial charge in [-0.05, 0) is 42.1 Å². The summed E-state index contributed by atoms with van der Waals surface area (Å²) in [6, 6.07) is 9.82. The summed E-state index contributed by atoms with van der Waals surface area (Å²) in [5, 5.41) is 18.3. The van der Waals surface area contributed by atoms with Gasteiger partial charge in [-0.1, -0.05) is 6.07 Å². The van der Waals surface area contributed by atoms with E-state index in [1.54, 1.807) is 29.0 Å². The van der Waals surface area contributed by atoms with Crippen molar-refractivity contribution in [3.8, 4) is 10.6 Å². The van der Waals surface area contributed by atoms with Gasteiger partial charge < -0.3 is 10.4 Å². The molecule has 2 heterocycles. The van der Waals surface area contributed by atoms with Crippen LogP contribution in [0.15, 0.2) is 41.8 Å². The SMILES string of the molecule is Cc1cc(C(=O)Nc2cc(-c3cccs3)nn2CCO)ccc1F. The van der Waals surface area contributed by atoms with Crippen LogP contribution in [0.3, 0.4) is 0 Å². The molecule has 3 aromatic rings. The van der Waals surface area contributed by atoms with E-state index in [2.05, 4.69) is 10.4 Å². The standard InChI is InChI=1S/C17H16FN3O2S/c1-11-9-12(4-5-13(11)18)17(23)19-16-10-14(15-3-2-8-24-15)20-21(16)6-7-22/h2-5,8-10,22H,6-7H2,1H3,(H,19,23). The van der Waals surface area contributed by atoms with Crippen LogP contribution in [0.1, 0.15) is 15.9 Å². The van der Waals surface area contributed by atoms with Gasteiger partial charge in [0.2, 0.25) is 0 Å². The van der Waals surface area contributed by atoms with Crippen LogP contribution < -0.4 is 5.32 Å². The number of halogens is 1. The Kier molecular flexibility index (Phi) is 4.73. The van der Waals surface area contributed by atoms with Crippen LogP contribution in [0, 0.1) is 12.7 Å². The quantitative estimate of drug-likeness (QED) is 0.745. The molecule has 2 aromatic heterocycles. The normalized spacial score (nSPS) is 10.8. The third-order valence-corrected chi connectivity index (χ3v) is 4.42. The van der Waals surface area contributed by atoms with E-state index < -0.39 is 0 Å². The van der Waals surface area contributed by atoms with Gasteiger partial charge in [-0.15, -0.1) is 11.3 Å². The molecule has 1 amide bonds. The second-order valence-electron chi connectivity index (χ2n) is 5.26. The minimum absolute atomic E-state index is 0.0932. The predicted molar refractivity (Wildman–Crippen MR) is 91.7 cm³/mol. The number of aromatic nitrogens is 2. The lowest BCUT2D eigenvalue weighted by molar-refractivity contribution is 0.102. The zero-order valence-electron chi connectivity index (χ0n) is 13.0. The van der Waals surface area contributed by atoms with Gasteiger partial charge in [0.15, 0.2) is 0 Å². The lowest BCUT2D eigenvalue weighted by atomic mass is 10.1. The van der Waals surface area contributed by atoms with Crippen LogP contribution >= 0.6 is 11.3 Å². The molecule has 0 aliphatic rings. The summed E-state index contributed by atoms with van der Waals surface area (Å²) >= 11 is 1.54. The number of hydrogen-bond acceptors (Lipinski definition) is 4. The van der Waals surface area contributed by atoms with Gasteiger partial charge in [-0.2, -0.15) is 5.10 Å². The minimum atomic E-state index is -0.352. The monoisotopic (exact) mass is 345 g/mol. The van der Waals surface area contributed by atoms with E-state index in [0.29, 0.717) is 16.9 Å². The average Bonchev–Trinajstić information content (AvgIpc) is 3.20. The van der Waals surface area contributed by atoms with Crippen molar-refractivity contribution in [2.45, 2.75) is 13.5 Å². The van der Waals surface area contributed by atoms with E-state index in [0.717, 1.165) is 10.6 Å². The Bertz CT molecular complexity index is 859. The van der Waals surface area contributed by atoms with Crippen molar-refractivity contribution < 1.29 is 14.3 Å². The average molecular weight is 345 g/mol. The number of nitrogens with one attached hydrogen (secondary N) is 1. The van der Waals surface area contributed by atoms with E-state index in [-0.39, 0.29) is 24.9 Å². The van der Waals surface area contributed by atoms with Crippen molar-refractivity contribution in [3.05, 3.63) is 58.7 Å². The summed E-state index contributed by atoms with van der Waals surface area (Å²) < 4.78 is 14.9. The molecule has 0 saturated carbocycles. The number of benzene rings is 1. The third kappa shape index (κ3) is 3.37. The maximum Gasteiger partial charge on any atom is 0.256 e. The highest BCUT2D eigenvalue weighted by molar-refractivity contribution is 7.13. The van der Waals surface area contributed by atoms with Gasteiger partial charge in [0.05, 0.1) is 18.0 Å². The number of thiophene rings is 1. The molecule has 0 radical (unpaired) electrons. The topological polar surface area (TPSA) is 67.2 Å². The molecule has 0 aliphatic heterocycles. The summed E-state index contributed by atoms with van der Waals surface area (Å²) in [6.07, 6.45) is 0. The van der Waals surface area contributed by atoms with Gasteiger partial charge in [0, 0.05) is 11.6 Å². The Hall–Kier alpha value is -2.51. The molecule has 0 atom stereocenters. The fourth-order valence-electron chi connectivity index (χ4n) is 2.30. The van der Waals surface area contributed by atoms with Crippen molar-refractivity contribution in [2.24, 2.45) is 0 Å². The molecule has 0 spiro atoms. The molecule has 5 nitrogen and oxygen atoms in total. The first-order chi connectivity index (χ1) is 11.6. The highest BCUT2D eigenvalue weighted by atomic mass is 32.1. The van der Waals surface area contributed by atoms with E-state index in [4.69, 9.17) is 0 Å². The van der Waals surface area contributed by atoms with Crippen LogP contribution in [0.2, 0.25) is 0 Å². The summed E-state index contributed by atoms with van der Waals surface area (Å²) in [5.74, 6) is -0.216. The Labute approximate surface area is 142 Å². The van der Waals surface area contributed by atoms with Gasteiger partial charge in [-0.25, -0.2) is 9.07 Å². The van der Waals surface area contributed by atoms with Crippen molar-refractivity contribution in [2.75, 3.05) is 11.9 Å². The highest BCUT2D eigenvalue weighted by Crippen LogP contribution is 2.26.